The van der Waals surface area contributed by atoms with Crippen LogP contribution in [0.2, 0.25) is 0 Å². The first-order chi connectivity index (χ1) is 11.8. The van der Waals surface area contributed by atoms with Gasteiger partial charge in [0.15, 0.2) is 0 Å². The van der Waals surface area contributed by atoms with Gasteiger partial charge in [-0.2, -0.15) is 0 Å². The molecule has 0 saturated carbocycles. The van der Waals surface area contributed by atoms with Crippen LogP contribution in [0, 0.1) is 0 Å². The van der Waals surface area contributed by atoms with E-state index < -0.39 is 0 Å². The van der Waals surface area contributed by atoms with E-state index in [0.717, 1.165) is 17.2 Å². The van der Waals surface area contributed by atoms with Crippen molar-refractivity contribution in [1.82, 2.24) is 14.5 Å². The fraction of sp³-hybridized carbons (Fsp3) is 0.222. The van der Waals surface area contributed by atoms with Crippen molar-refractivity contribution in [3.8, 4) is 5.69 Å². The normalized spacial score (nSPS) is 10.6. The molecule has 0 amide bonds. The molecule has 0 aliphatic carbocycles. The largest absolute Gasteiger partial charge is 0.395 e. The van der Waals surface area contributed by atoms with E-state index in [1.807, 2.05) is 34.8 Å². The van der Waals surface area contributed by atoms with Crippen LogP contribution in [0.25, 0.3) is 5.69 Å². The topological polar surface area (TPSA) is 66.2 Å². The Kier molecular flexibility index (Phi) is 5.08. The number of imidazole rings is 1. The minimum Gasteiger partial charge on any atom is -0.395 e. The zero-order chi connectivity index (χ0) is 16.8. The van der Waals surface area contributed by atoms with Crippen LogP contribution in [0.1, 0.15) is 5.56 Å². The minimum absolute atomic E-state index is 0.131. The molecule has 0 radical (unpaired) electrons. The third-order valence-corrected chi connectivity index (χ3v) is 3.84. The quantitative estimate of drug-likeness (QED) is 0.698. The van der Waals surface area contributed by atoms with Crippen molar-refractivity contribution in [3.05, 3.63) is 66.9 Å². The van der Waals surface area contributed by atoms with Crippen LogP contribution in [0.5, 0.6) is 0 Å². The number of nitrogens with one attached hydrogen (secondary N) is 1. The molecule has 24 heavy (non-hydrogen) atoms. The third kappa shape index (κ3) is 3.91. The highest BCUT2D eigenvalue weighted by Gasteiger charge is 2.02. The number of likely N-dealkylation sites (N-methyl/N-ethyl adjacent to an activating group) is 1. The lowest BCUT2D eigenvalue weighted by Gasteiger charge is -2.17. The Balaban J connectivity index is 1.57. The maximum atomic E-state index is 8.96. The highest BCUT2D eigenvalue weighted by molar-refractivity contribution is 5.49. The maximum Gasteiger partial charge on any atom is 0.126 e. The molecule has 0 spiro atoms. The molecule has 2 aromatic heterocycles. The van der Waals surface area contributed by atoms with Gasteiger partial charge in [0.05, 0.1) is 24.8 Å². The monoisotopic (exact) mass is 323 g/mol. The summed E-state index contributed by atoms with van der Waals surface area (Å²) in [6.07, 6.45) is 7.28. The van der Waals surface area contributed by atoms with Crippen molar-refractivity contribution in [2.45, 2.75) is 6.54 Å². The fourth-order valence-electron chi connectivity index (χ4n) is 2.39. The number of hydrogen-bond acceptors (Lipinski definition) is 5. The van der Waals surface area contributed by atoms with Gasteiger partial charge in [0.1, 0.15) is 5.82 Å². The summed E-state index contributed by atoms with van der Waals surface area (Å²) in [6, 6.07) is 12.3. The summed E-state index contributed by atoms with van der Waals surface area (Å²) in [6.45, 7) is 1.44. The molecule has 6 nitrogen and oxygen atoms in total. The number of rotatable bonds is 7. The molecule has 0 aliphatic rings. The average Bonchev–Trinajstić information content (AvgIpc) is 3.16. The molecule has 124 valence electrons. The first kappa shape index (κ1) is 16.0. The number of nitrogens with zero attached hydrogens (tertiary/aromatic N) is 4. The molecule has 1 aromatic carbocycles. The maximum absolute atomic E-state index is 8.96. The number of aliphatic hydroxyl groups excluding tert-OH is 1. The van der Waals surface area contributed by atoms with Gasteiger partial charge in [-0.15, -0.1) is 0 Å². The van der Waals surface area contributed by atoms with E-state index in [0.29, 0.717) is 13.1 Å². The van der Waals surface area contributed by atoms with E-state index in [9.17, 15) is 0 Å². The fourth-order valence-corrected chi connectivity index (χ4v) is 2.39. The SMILES string of the molecule is CN(CCO)c1ccc(NCc2ccc(-n3ccnc3)cc2)nc1. The van der Waals surface area contributed by atoms with E-state index >= 15 is 0 Å². The number of pyridine rings is 1. The molecule has 0 bridgehead atoms. The Morgan fingerprint density at radius 3 is 2.62 bits per heavy atom. The molecule has 3 rings (SSSR count). The molecule has 0 saturated heterocycles. The summed E-state index contributed by atoms with van der Waals surface area (Å²) in [5.41, 5.74) is 3.26. The van der Waals surface area contributed by atoms with E-state index in [1.165, 1.54) is 5.56 Å². The number of hydrogen-bond donors (Lipinski definition) is 2. The summed E-state index contributed by atoms with van der Waals surface area (Å²) in [5.74, 6) is 0.829. The van der Waals surface area contributed by atoms with E-state index in [-0.39, 0.29) is 6.61 Å². The highest BCUT2D eigenvalue weighted by atomic mass is 16.3. The zero-order valence-electron chi connectivity index (χ0n) is 13.6. The Bertz CT molecular complexity index is 738. The summed E-state index contributed by atoms with van der Waals surface area (Å²) < 4.78 is 1.97. The van der Waals surface area contributed by atoms with Crippen molar-refractivity contribution >= 4 is 11.5 Å². The van der Waals surface area contributed by atoms with Crippen LogP contribution in [0.4, 0.5) is 11.5 Å². The smallest absolute Gasteiger partial charge is 0.126 e. The molecule has 6 heteroatoms. The van der Waals surface area contributed by atoms with Gasteiger partial charge in [0.25, 0.3) is 0 Å². The van der Waals surface area contributed by atoms with Crippen LogP contribution in [0.3, 0.4) is 0 Å². The van der Waals surface area contributed by atoms with Gasteiger partial charge in [-0.1, -0.05) is 12.1 Å². The second-order valence-electron chi connectivity index (χ2n) is 5.54. The van der Waals surface area contributed by atoms with E-state index in [1.54, 1.807) is 18.7 Å². The third-order valence-electron chi connectivity index (χ3n) is 3.84. The Morgan fingerprint density at radius 2 is 2.00 bits per heavy atom. The van der Waals surface area contributed by atoms with Crippen LogP contribution in [0.15, 0.2) is 61.3 Å². The lowest BCUT2D eigenvalue weighted by Crippen LogP contribution is -2.21. The van der Waals surface area contributed by atoms with Crippen molar-refractivity contribution in [3.63, 3.8) is 0 Å². The predicted molar refractivity (Wildman–Crippen MR) is 95.5 cm³/mol. The molecule has 2 N–H and O–H groups in total. The van der Waals surface area contributed by atoms with E-state index in [2.05, 4.69) is 39.6 Å². The minimum atomic E-state index is 0.131. The zero-order valence-corrected chi connectivity index (χ0v) is 13.6. The predicted octanol–water partition coefficient (Wildman–Crippen LogP) is 2.31. The lowest BCUT2D eigenvalue weighted by molar-refractivity contribution is 0.304. The molecular formula is C18H21N5O. The van der Waals surface area contributed by atoms with Crippen LogP contribution in [-0.2, 0) is 6.54 Å². The van der Waals surface area contributed by atoms with Crippen molar-refractivity contribution < 1.29 is 5.11 Å². The standard InChI is InChI=1S/C18H21N5O/c1-22(10-11-24)17-6-7-18(21-13-17)20-12-15-2-4-16(5-3-15)23-9-8-19-14-23/h2-9,13-14,24H,10-12H2,1H3,(H,20,21). The number of aromatic nitrogens is 3. The average molecular weight is 323 g/mol. The molecule has 0 atom stereocenters. The molecular weight excluding hydrogens is 302 g/mol. The Morgan fingerprint density at radius 1 is 1.17 bits per heavy atom. The van der Waals surface area contributed by atoms with Gasteiger partial charge in [-0.25, -0.2) is 9.97 Å². The highest BCUT2D eigenvalue weighted by Crippen LogP contribution is 2.15. The van der Waals surface area contributed by atoms with Crippen molar-refractivity contribution in [1.29, 1.82) is 0 Å². The van der Waals surface area contributed by atoms with Gasteiger partial charge in [0.2, 0.25) is 0 Å². The number of anilines is 2. The molecule has 2 heterocycles. The number of benzene rings is 1. The first-order valence-electron chi connectivity index (χ1n) is 7.85. The van der Waals surface area contributed by atoms with Gasteiger partial charge >= 0.3 is 0 Å². The van der Waals surface area contributed by atoms with Crippen LogP contribution in [-0.4, -0.2) is 39.8 Å². The summed E-state index contributed by atoms with van der Waals surface area (Å²) in [7, 11) is 1.93. The first-order valence-corrected chi connectivity index (χ1v) is 7.85. The summed E-state index contributed by atoms with van der Waals surface area (Å²) >= 11 is 0. The van der Waals surface area contributed by atoms with Crippen LogP contribution < -0.4 is 10.2 Å². The van der Waals surface area contributed by atoms with Crippen LogP contribution >= 0.6 is 0 Å². The Hall–Kier alpha value is -2.86. The summed E-state index contributed by atoms with van der Waals surface area (Å²) in [5, 5.41) is 12.3. The summed E-state index contributed by atoms with van der Waals surface area (Å²) in [4.78, 5) is 10.4. The van der Waals surface area contributed by atoms with E-state index in [4.69, 9.17) is 5.11 Å². The van der Waals surface area contributed by atoms with Gasteiger partial charge in [-0.3, -0.25) is 0 Å². The number of aliphatic hydroxyl groups is 1. The second-order valence-corrected chi connectivity index (χ2v) is 5.54. The van der Waals surface area contributed by atoms with Gasteiger partial charge < -0.3 is 19.9 Å². The Labute approximate surface area is 141 Å². The van der Waals surface area contributed by atoms with Crippen molar-refractivity contribution in [2.24, 2.45) is 0 Å². The van der Waals surface area contributed by atoms with Crippen molar-refractivity contribution in [2.75, 3.05) is 30.4 Å². The molecule has 0 aliphatic heterocycles. The lowest BCUT2D eigenvalue weighted by atomic mass is 10.2. The second kappa shape index (κ2) is 7.61. The molecule has 0 unspecified atom stereocenters. The molecule has 3 aromatic rings. The van der Waals surface area contributed by atoms with Gasteiger partial charge in [0, 0.05) is 38.2 Å². The molecule has 0 fully saturated rings. The van der Waals surface area contributed by atoms with Gasteiger partial charge in [-0.05, 0) is 29.8 Å².